The van der Waals surface area contributed by atoms with Crippen molar-refractivity contribution in [2.45, 2.75) is 24.5 Å². The van der Waals surface area contributed by atoms with E-state index in [0.717, 1.165) is 12.0 Å². The lowest BCUT2D eigenvalue weighted by molar-refractivity contribution is -0.128. The van der Waals surface area contributed by atoms with Gasteiger partial charge in [0.2, 0.25) is 11.8 Å². The molecule has 1 saturated heterocycles. The number of benzene rings is 3. The third-order valence-electron chi connectivity index (χ3n) is 5.76. The summed E-state index contributed by atoms with van der Waals surface area (Å²) in [6, 6.07) is 25.9. The summed E-state index contributed by atoms with van der Waals surface area (Å²) in [6.45, 7) is 1.05. The Kier molecular flexibility index (Phi) is 8.52. The molecule has 3 aromatic carbocycles. The molecule has 1 aliphatic rings. The van der Waals surface area contributed by atoms with Crippen LogP contribution < -0.4 is 5.32 Å². The lowest BCUT2D eigenvalue weighted by atomic mass is 10.1. The van der Waals surface area contributed by atoms with Gasteiger partial charge in [0.05, 0.1) is 5.56 Å². The third kappa shape index (κ3) is 6.82. The lowest BCUT2D eigenvalue weighted by Gasteiger charge is -2.16. The number of hydrogen-bond acceptors (Lipinski definition) is 5. The van der Waals surface area contributed by atoms with Crippen LogP contribution in [0, 0.1) is 0 Å². The quantitative estimate of drug-likeness (QED) is 0.426. The van der Waals surface area contributed by atoms with Crippen LogP contribution in [-0.2, 0) is 22.4 Å². The molecule has 0 aromatic heterocycles. The van der Waals surface area contributed by atoms with E-state index in [1.165, 1.54) is 41.6 Å². The zero-order valence-corrected chi connectivity index (χ0v) is 20.5. The number of thioether (sulfide) groups is 1. The fourth-order valence-electron chi connectivity index (χ4n) is 3.85. The van der Waals surface area contributed by atoms with Gasteiger partial charge in [-0.1, -0.05) is 72.4 Å². The molecular formula is C28H27N3O4S. The predicted octanol–water partition coefficient (Wildman–Crippen LogP) is 4.50. The average Bonchev–Trinajstić information content (AvgIpc) is 3.18. The predicted molar refractivity (Wildman–Crippen MR) is 142 cm³/mol. The Morgan fingerprint density at radius 2 is 1.50 bits per heavy atom. The van der Waals surface area contributed by atoms with Gasteiger partial charge in [0.25, 0.3) is 0 Å². The van der Waals surface area contributed by atoms with Crippen molar-refractivity contribution in [3.8, 4) is 0 Å². The Balaban J connectivity index is 1.41. The van der Waals surface area contributed by atoms with Crippen LogP contribution in [0.4, 0.5) is 5.69 Å². The van der Waals surface area contributed by atoms with Crippen LogP contribution in [0.3, 0.4) is 0 Å². The topological polar surface area (TPSA) is 99.1 Å². The Labute approximate surface area is 214 Å². The molecule has 3 aromatic rings. The summed E-state index contributed by atoms with van der Waals surface area (Å²) in [5.41, 5.74) is 2.93. The van der Waals surface area contributed by atoms with E-state index >= 15 is 0 Å². The second kappa shape index (κ2) is 12.2. The van der Waals surface area contributed by atoms with E-state index in [-0.39, 0.29) is 23.8 Å². The largest absolute Gasteiger partial charge is 0.478 e. The van der Waals surface area contributed by atoms with Gasteiger partial charge in [0.1, 0.15) is 5.25 Å². The van der Waals surface area contributed by atoms with E-state index in [1.54, 1.807) is 4.90 Å². The van der Waals surface area contributed by atoms with Gasteiger partial charge in [-0.05, 0) is 48.2 Å². The highest BCUT2D eigenvalue weighted by Crippen LogP contribution is 2.30. The maximum absolute atomic E-state index is 13.3. The molecule has 0 aliphatic carbocycles. The van der Waals surface area contributed by atoms with Crippen molar-refractivity contribution in [1.82, 2.24) is 4.90 Å². The number of nitrogens with zero attached hydrogens (tertiary/aromatic N) is 2. The van der Waals surface area contributed by atoms with Crippen LogP contribution in [0.5, 0.6) is 0 Å². The number of nitrogens with one attached hydrogen (secondary N) is 1. The summed E-state index contributed by atoms with van der Waals surface area (Å²) in [6.07, 6.45) is 1.46. The van der Waals surface area contributed by atoms with Gasteiger partial charge in [-0.2, -0.15) is 0 Å². The molecule has 1 fully saturated rings. The van der Waals surface area contributed by atoms with Crippen molar-refractivity contribution in [3.05, 3.63) is 102 Å². The number of aliphatic imine (C=N–C) groups is 1. The minimum Gasteiger partial charge on any atom is -0.478 e. The number of carbonyl (C=O) groups excluding carboxylic acids is 2. The first-order chi connectivity index (χ1) is 17.5. The number of amidine groups is 1. The molecule has 4 rings (SSSR count). The van der Waals surface area contributed by atoms with E-state index in [2.05, 4.69) is 17.4 Å². The SMILES string of the molecule is O=C(C[C@@H]1SC(=NCCc2ccccc2)N(CCc2ccccc2)C1=O)Nc1ccc(C(=O)O)cc1. The minimum absolute atomic E-state index is 0.00369. The molecule has 1 heterocycles. The second-order valence-corrected chi connectivity index (χ2v) is 9.54. The van der Waals surface area contributed by atoms with Crippen molar-refractivity contribution in [1.29, 1.82) is 0 Å². The third-order valence-corrected chi connectivity index (χ3v) is 6.98. The molecule has 7 nitrogen and oxygen atoms in total. The Morgan fingerprint density at radius 1 is 0.889 bits per heavy atom. The van der Waals surface area contributed by atoms with Crippen LogP contribution in [0.25, 0.3) is 0 Å². The fraction of sp³-hybridized carbons (Fsp3) is 0.214. The van der Waals surface area contributed by atoms with Gasteiger partial charge in [-0.3, -0.25) is 19.5 Å². The zero-order chi connectivity index (χ0) is 25.3. The Morgan fingerprint density at radius 3 is 2.11 bits per heavy atom. The average molecular weight is 502 g/mol. The van der Waals surface area contributed by atoms with Crippen molar-refractivity contribution in [2.24, 2.45) is 4.99 Å². The van der Waals surface area contributed by atoms with Crippen LogP contribution in [0.1, 0.15) is 27.9 Å². The summed E-state index contributed by atoms with van der Waals surface area (Å²) in [5.74, 6) is -1.46. The number of amides is 2. The molecule has 1 atom stereocenters. The number of aromatic carboxylic acids is 1. The number of hydrogen-bond donors (Lipinski definition) is 2. The summed E-state index contributed by atoms with van der Waals surface area (Å²) >= 11 is 1.33. The van der Waals surface area contributed by atoms with Gasteiger partial charge in [0.15, 0.2) is 5.17 Å². The molecule has 0 saturated carbocycles. The highest BCUT2D eigenvalue weighted by Gasteiger charge is 2.38. The standard InChI is InChI=1S/C28H27N3O4S/c32-25(30-23-13-11-22(12-14-23)27(34)35)19-24-26(33)31(18-16-21-9-5-2-6-10-21)28(36-24)29-17-15-20-7-3-1-4-8-20/h1-14,24H,15-19H2,(H,30,32)(H,34,35)/t24-/m0/s1. The molecule has 0 unspecified atom stereocenters. The van der Waals surface area contributed by atoms with E-state index < -0.39 is 11.2 Å². The van der Waals surface area contributed by atoms with E-state index in [9.17, 15) is 14.4 Å². The molecule has 2 N–H and O–H groups in total. The first-order valence-electron chi connectivity index (χ1n) is 11.7. The first-order valence-corrected chi connectivity index (χ1v) is 12.6. The molecule has 8 heteroatoms. The van der Waals surface area contributed by atoms with Gasteiger partial charge in [-0.25, -0.2) is 4.79 Å². The zero-order valence-electron chi connectivity index (χ0n) is 19.7. The lowest BCUT2D eigenvalue weighted by Crippen LogP contribution is -2.35. The molecule has 1 aliphatic heterocycles. The number of carbonyl (C=O) groups is 3. The monoisotopic (exact) mass is 501 g/mol. The number of anilines is 1. The van der Waals surface area contributed by atoms with Crippen molar-refractivity contribution < 1.29 is 19.5 Å². The van der Waals surface area contributed by atoms with Crippen molar-refractivity contribution in [3.63, 3.8) is 0 Å². The molecule has 0 spiro atoms. The van der Waals surface area contributed by atoms with Crippen molar-refractivity contribution in [2.75, 3.05) is 18.4 Å². The van der Waals surface area contributed by atoms with Gasteiger partial charge >= 0.3 is 5.97 Å². The number of carboxylic acid groups (broad SMARTS) is 1. The van der Waals surface area contributed by atoms with Crippen molar-refractivity contribution >= 4 is 40.4 Å². The molecule has 36 heavy (non-hydrogen) atoms. The normalized spacial score (nSPS) is 16.3. The second-order valence-electron chi connectivity index (χ2n) is 8.37. The minimum atomic E-state index is -1.03. The number of carboxylic acids is 1. The summed E-state index contributed by atoms with van der Waals surface area (Å²) in [5, 5.41) is 11.9. The molecular weight excluding hydrogens is 474 g/mol. The maximum atomic E-state index is 13.3. The molecule has 2 amide bonds. The summed E-state index contributed by atoms with van der Waals surface area (Å²) in [7, 11) is 0. The molecule has 184 valence electrons. The summed E-state index contributed by atoms with van der Waals surface area (Å²) in [4.78, 5) is 43.4. The first kappa shape index (κ1) is 25.2. The fourth-order valence-corrected chi connectivity index (χ4v) is 5.05. The highest BCUT2D eigenvalue weighted by molar-refractivity contribution is 8.15. The smallest absolute Gasteiger partial charge is 0.335 e. The van der Waals surface area contributed by atoms with Crippen LogP contribution in [0.15, 0.2) is 89.9 Å². The molecule has 0 radical (unpaired) electrons. The van der Waals surface area contributed by atoms with Crippen LogP contribution >= 0.6 is 11.8 Å². The molecule has 0 bridgehead atoms. The van der Waals surface area contributed by atoms with E-state index in [1.807, 2.05) is 48.5 Å². The van der Waals surface area contributed by atoms with Gasteiger partial charge in [0, 0.05) is 25.2 Å². The van der Waals surface area contributed by atoms with Gasteiger partial charge < -0.3 is 10.4 Å². The maximum Gasteiger partial charge on any atom is 0.335 e. The highest BCUT2D eigenvalue weighted by atomic mass is 32.2. The Hall–Kier alpha value is -3.91. The van der Waals surface area contributed by atoms with Gasteiger partial charge in [-0.15, -0.1) is 0 Å². The van der Waals surface area contributed by atoms with Crippen LogP contribution in [0.2, 0.25) is 0 Å². The van der Waals surface area contributed by atoms with E-state index in [4.69, 9.17) is 10.1 Å². The van der Waals surface area contributed by atoms with Crippen LogP contribution in [-0.4, -0.2) is 51.3 Å². The Bertz CT molecular complexity index is 1230. The summed E-state index contributed by atoms with van der Waals surface area (Å²) < 4.78 is 0. The van der Waals surface area contributed by atoms with E-state index in [0.29, 0.717) is 30.4 Å². The number of rotatable bonds is 10.